The van der Waals surface area contributed by atoms with E-state index in [9.17, 15) is 4.39 Å². The van der Waals surface area contributed by atoms with Gasteiger partial charge in [-0.05, 0) is 36.4 Å². The highest BCUT2D eigenvalue weighted by Gasteiger charge is 2.12. The minimum absolute atomic E-state index is 0.263. The van der Waals surface area contributed by atoms with Crippen molar-refractivity contribution in [2.75, 3.05) is 19.5 Å². The van der Waals surface area contributed by atoms with E-state index in [1.54, 1.807) is 26.4 Å². The average molecular weight is 330 g/mol. The van der Waals surface area contributed by atoms with Crippen molar-refractivity contribution in [2.24, 2.45) is 0 Å². The fraction of sp³-hybridized carbons (Fsp3) is 0.118. The number of thiazole rings is 1. The molecule has 2 aromatic carbocycles. The van der Waals surface area contributed by atoms with Gasteiger partial charge in [-0.1, -0.05) is 6.07 Å². The van der Waals surface area contributed by atoms with Gasteiger partial charge in [0.25, 0.3) is 0 Å². The number of benzene rings is 2. The monoisotopic (exact) mass is 330 g/mol. The van der Waals surface area contributed by atoms with Crippen molar-refractivity contribution in [2.45, 2.75) is 0 Å². The van der Waals surface area contributed by atoms with Gasteiger partial charge < -0.3 is 14.8 Å². The standard InChI is InChI=1S/C17H15FN2O2S/c1-21-14-4-3-5-15(22-2)16(14)20-17-19-13(10-23-17)11-6-8-12(18)9-7-11/h3-10H,1-2H3,(H,19,20). The van der Waals surface area contributed by atoms with Crippen molar-refractivity contribution in [3.05, 3.63) is 53.7 Å². The quantitative estimate of drug-likeness (QED) is 0.736. The normalized spacial score (nSPS) is 10.4. The topological polar surface area (TPSA) is 43.4 Å². The summed E-state index contributed by atoms with van der Waals surface area (Å²) in [6, 6.07) is 11.8. The SMILES string of the molecule is COc1cccc(OC)c1Nc1nc(-c2ccc(F)cc2)cs1. The van der Waals surface area contributed by atoms with Crippen LogP contribution < -0.4 is 14.8 Å². The van der Waals surface area contributed by atoms with Crippen molar-refractivity contribution in [3.8, 4) is 22.8 Å². The summed E-state index contributed by atoms with van der Waals surface area (Å²) in [5, 5.41) is 5.84. The Kier molecular flexibility index (Phi) is 4.43. The van der Waals surface area contributed by atoms with Gasteiger partial charge in [-0.3, -0.25) is 0 Å². The Morgan fingerprint density at radius 2 is 1.65 bits per heavy atom. The van der Waals surface area contributed by atoms with Crippen molar-refractivity contribution in [1.82, 2.24) is 4.98 Å². The summed E-state index contributed by atoms with van der Waals surface area (Å²) in [6.45, 7) is 0. The molecule has 0 unspecified atom stereocenters. The van der Waals surface area contributed by atoms with Crippen LogP contribution in [0.15, 0.2) is 47.8 Å². The van der Waals surface area contributed by atoms with Gasteiger partial charge in [0.05, 0.1) is 19.9 Å². The third kappa shape index (κ3) is 3.27. The Hall–Kier alpha value is -2.60. The molecule has 0 aliphatic heterocycles. The molecule has 23 heavy (non-hydrogen) atoms. The third-order valence-electron chi connectivity index (χ3n) is 3.30. The number of anilines is 2. The molecular weight excluding hydrogens is 315 g/mol. The van der Waals surface area contributed by atoms with Gasteiger partial charge in [0, 0.05) is 10.9 Å². The molecule has 3 rings (SSSR count). The van der Waals surface area contributed by atoms with E-state index in [0.717, 1.165) is 16.9 Å². The number of ether oxygens (including phenoxy) is 2. The Morgan fingerprint density at radius 1 is 1.00 bits per heavy atom. The Bertz CT molecular complexity index is 780. The molecule has 1 heterocycles. The lowest BCUT2D eigenvalue weighted by Crippen LogP contribution is -1.97. The Balaban J connectivity index is 1.89. The zero-order valence-electron chi connectivity index (χ0n) is 12.7. The van der Waals surface area contributed by atoms with Gasteiger partial charge in [-0.15, -0.1) is 11.3 Å². The van der Waals surface area contributed by atoms with Gasteiger partial charge in [0.15, 0.2) is 5.13 Å². The maximum atomic E-state index is 13.0. The molecule has 0 saturated heterocycles. The van der Waals surface area contributed by atoms with E-state index < -0.39 is 0 Å². The lowest BCUT2D eigenvalue weighted by atomic mass is 10.2. The van der Waals surface area contributed by atoms with Crippen molar-refractivity contribution in [3.63, 3.8) is 0 Å². The molecule has 0 spiro atoms. The molecule has 0 saturated carbocycles. The maximum Gasteiger partial charge on any atom is 0.187 e. The summed E-state index contributed by atoms with van der Waals surface area (Å²) < 4.78 is 23.7. The van der Waals surface area contributed by atoms with Gasteiger partial charge in [0.1, 0.15) is 23.0 Å². The predicted octanol–water partition coefficient (Wildman–Crippen LogP) is 4.71. The van der Waals surface area contributed by atoms with E-state index in [2.05, 4.69) is 10.3 Å². The molecule has 1 N–H and O–H groups in total. The van der Waals surface area contributed by atoms with Gasteiger partial charge in [-0.25, -0.2) is 9.37 Å². The molecule has 0 amide bonds. The smallest absolute Gasteiger partial charge is 0.187 e. The lowest BCUT2D eigenvalue weighted by Gasteiger charge is -2.13. The van der Waals surface area contributed by atoms with E-state index in [1.807, 2.05) is 23.6 Å². The van der Waals surface area contributed by atoms with Gasteiger partial charge in [-0.2, -0.15) is 0 Å². The van der Waals surface area contributed by atoms with Crippen LogP contribution in [0.2, 0.25) is 0 Å². The van der Waals surface area contributed by atoms with E-state index in [4.69, 9.17) is 9.47 Å². The van der Waals surface area contributed by atoms with E-state index >= 15 is 0 Å². The summed E-state index contributed by atoms with van der Waals surface area (Å²) in [7, 11) is 3.21. The van der Waals surface area contributed by atoms with E-state index in [0.29, 0.717) is 16.6 Å². The molecule has 118 valence electrons. The van der Waals surface area contributed by atoms with Gasteiger partial charge in [0.2, 0.25) is 0 Å². The first kappa shape index (κ1) is 15.3. The summed E-state index contributed by atoms with van der Waals surface area (Å²) in [6.07, 6.45) is 0. The molecule has 1 aromatic heterocycles. The average Bonchev–Trinajstić information content (AvgIpc) is 3.04. The highest BCUT2D eigenvalue weighted by Crippen LogP contribution is 2.37. The molecular formula is C17H15FN2O2S. The molecule has 4 nitrogen and oxygen atoms in total. The first-order chi connectivity index (χ1) is 11.2. The number of nitrogens with zero attached hydrogens (tertiary/aromatic N) is 1. The number of para-hydroxylation sites is 1. The number of nitrogens with one attached hydrogen (secondary N) is 1. The Morgan fingerprint density at radius 3 is 2.26 bits per heavy atom. The highest BCUT2D eigenvalue weighted by molar-refractivity contribution is 7.14. The van der Waals surface area contributed by atoms with Crippen LogP contribution in [0, 0.1) is 5.82 Å². The molecule has 0 bridgehead atoms. The summed E-state index contributed by atoms with van der Waals surface area (Å²) in [5.41, 5.74) is 2.37. The minimum atomic E-state index is -0.263. The van der Waals surface area contributed by atoms with Crippen LogP contribution in [0.25, 0.3) is 11.3 Å². The predicted molar refractivity (Wildman–Crippen MR) is 90.3 cm³/mol. The molecule has 0 aliphatic carbocycles. The fourth-order valence-corrected chi connectivity index (χ4v) is 2.89. The van der Waals surface area contributed by atoms with E-state index in [1.165, 1.54) is 23.5 Å². The van der Waals surface area contributed by atoms with Crippen molar-refractivity contribution < 1.29 is 13.9 Å². The summed E-state index contributed by atoms with van der Waals surface area (Å²) >= 11 is 1.45. The molecule has 0 fully saturated rings. The van der Waals surface area contributed by atoms with Crippen LogP contribution in [-0.2, 0) is 0 Å². The number of hydrogen-bond acceptors (Lipinski definition) is 5. The molecule has 0 atom stereocenters. The highest BCUT2D eigenvalue weighted by atomic mass is 32.1. The first-order valence-electron chi connectivity index (χ1n) is 6.90. The molecule has 6 heteroatoms. The summed E-state index contributed by atoms with van der Waals surface area (Å²) in [4.78, 5) is 4.53. The Labute approximate surface area is 137 Å². The van der Waals surface area contributed by atoms with Gasteiger partial charge >= 0.3 is 0 Å². The van der Waals surface area contributed by atoms with E-state index in [-0.39, 0.29) is 5.82 Å². The molecule has 3 aromatic rings. The molecule has 0 radical (unpaired) electrons. The van der Waals surface area contributed by atoms with Crippen LogP contribution in [0.3, 0.4) is 0 Å². The molecule has 0 aliphatic rings. The van der Waals surface area contributed by atoms with Crippen LogP contribution in [-0.4, -0.2) is 19.2 Å². The number of rotatable bonds is 5. The van der Waals surface area contributed by atoms with Crippen molar-refractivity contribution >= 4 is 22.2 Å². The van der Waals surface area contributed by atoms with Crippen LogP contribution in [0.4, 0.5) is 15.2 Å². The second-order valence-electron chi connectivity index (χ2n) is 4.71. The first-order valence-corrected chi connectivity index (χ1v) is 7.78. The number of aromatic nitrogens is 1. The van der Waals surface area contributed by atoms with Crippen LogP contribution >= 0.6 is 11.3 Å². The lowest BCUT2D eigenvalue weighted by molar-refractivity contribution is 0.398. The van der Waals surface area contributed by atoms with Crippen molar-refractivity contribution in [1.29, 1.82) is 0 Å². The van der Waals surface area contributed by atoms with Crippen LogP contribution in [0.1, 0.15) is 0 Å². The number of hydrogen-bond donors (Lipinski definition) is 1. The summed E-state index contributed by atoms with van der Waals surface area (Å²) in [5.74, 6) is 1.08. The third-order valence-corrected chi connectivity index (χ3v) is 4.06. The maximum absolute atomic E-state index is 13.0. The zero-order valence-corrected chi connectivity index (χ0v) is 13.5. The second-order valence-corrected chi connectivity index (χ2v) is 5.57. The number of halogens is 1. The zero-order chi connectivity index (χ0) is 16.2. The largest absolute Gasteiger partial charge is 0.494 e. The fourth-order valence-electron chi connectivity index (χ4n) is 2.17. The second kappa shape index (κ2) is 6.66. The minimum Gasteiger partial charge on any atom is -0.494 e. The number of methoxy groups -OCH3 is 2. The van der Waals surface area contributed by atoms with Crippen LogP contribution in [0.5, 0.6) is 11.5 Å².